The first-order valence-corrected chi connectivity index (χ1v) is 10.6. The van der Waals surface area contributed by atoms with E-state index in [9.17, 15) is 13.2 Å². The molecule has 0 aliphatic carbocycles. The zero-order chi connectivity index (χ0) is 21.0. The molecule has 0 unspecified atom stereocenters. The van der Waals surface area contributed by atoms with Crippen LogP contribution in [0.2, 0.25) is 0 Å². The molecule has 0 spiro atoms. The summed E-state index contributed by atoms with van der Waals surface area (Å²) in [6.45, 7) is 2.31. The quantitative estimate of drug-likeness (QED) is 0.641. The maximum atomic E-state index is 12.7. The van der Waals surface area contributed by atoms with Crippen molar-refractivity contribution >= 4 is 21.6 Å². The molecule has 3 aromatic rings. The van der Waals surface area contributed by atoms with Crippen molar-refractivity contribution in [2.75, 3.05) is 19.4 Å². The molecule has 3 rings (SSSR count). The molecule has 0 aliphatic rings. The molecule has 0 atom stereocenters. The van der Waals surface area contributed by atoms with E-state index in [-0.39, 0.29) is 11.4 Å². The first kappa shape index (κ1) is 20.7. The molecule has 0 saturated heterocycles. The van der Waals surface area contributed by atoms with Crippen molar-refractivity contribution in [3.05, 3.63) is 77.1 Å². The van der Waals surface area contributed by atoms with Crippen LogP contribution in [0.3, 0.4) is 0 Å². The molecule has 0 radical (unpaired) electrons. The first-order valence-electron chi connectivity index (χ1n) is 9.01. The molecular formula is C20H23N5O3S. The molecule has 2 aromatic carbocycles. The number of nitrogens with zero attached hydrogens (tertiary/aromatic N) is 4. The predicted molar refractivity (Wildman–Crippen MR) is 111 cm³/mol. The van der Waals surface area contributed by atoms with Crippen molar-refractivity contribution in [2.45, 2.75) is 19.2 Å². The Morgan fingerprint density at radius 3 is 2.45 bits per heavy atom. The molecule has 29 heavy (non-hydrogen) atoms. The molecular weight excluding hydrogens is 390 g/mol. The summed E-state index contributed by atoms with van der Waals surface area (Å²) < 4.78 is 27.0. The van der Waals surface area contributed by atoms with Crippen molar-refractivity contribution in [3.63, 3.8) is 0 Å². The van der Waals surface area contributed by atoms with E-state index in [1.165, 1.54) is 18.4 Å². The number of sulfonamides is 1. The van der Waals surface area contributed by atoms with E-state index in [1.54, 1.807) is 35.9 Å². The normalized spacial score (nSPS) is 11.6. The summed E-state index contributed by atoms with van der Waals surface area (Å²) in [5.74, 6) is -0.537. The zero-order valence-electron chi connectivity index (χ0n) is 16.5. The lowest BCUT2D eigenvalue weighted by atomic mass is 10.2. The summed E-state index contributed by atoms with van der Waals surface area (Å²) in [5, 5.41) is 10.9. The van der Waals surface area contributed by atoms with Crippen LogP contribution in [0.25, 0.3) is 0 Å². The number of anilines is 1. The van der Waals surface area contributed by atoms with E-state index >= 15 is 0 Å². The van der Waals surface area contributed by atoms with Crippen molar-refractivity contribution in [3.8, 4) is 0 Å². The SMILES string of the molecule is Cc1c(C(=O)Nc2cccc(CS(=O)(=O)N(C)C)c2)nnn1Cc1ccccc1. The van der Waals surface area contributed by atoms with E-state index in [4.69, 9.17) is 0 Å². The number of carbonyl (C=O) groups excluding carboxylic acids is 1. The first-order chi connectivity index (χ1) is 13.8. The van der Waals surface area contributed by atoms with Crippen LogP contribution in [0.1, 0.15) is 27.3 Å². The Labute approximate surface area is 170 Å². The summed E-state index contributed by atoms with van der Waals surface area (Å²) in [4.78, 5) is 12.7. The average molecular weight is 414 g/mol. The van der Waals surface area contributed by atoms with E-state index < -0.39 is 15.9 Å². The van der Waals surface area contributed by atoms with Gasteiger partial charge in [0.1, 0.15) is 0 Å². The van der Waals surface area contributed by atoms with Gasteiger partial charge in [0.2, 0.25) is 10.0 Å². The number of hydrogen-bond acceptors (Lipinski definition) is 5. The fourth-order valence-corrected chi connectivity index (χ4v) is 3.60. The van der Waals surface area contributed by atoms with Gasteiger partial charge in [-0.1, -0.05) is 47.7 Å². The fourth-order valence-electron chi connectivity index (χ4n) is 2.75. The zero-order valence-corrected chi connectivity index (χ0v) is 17.3. The lowest BCUT2D eigenvalue weighted by Gasteiger charge is -2.12. The minimum atomic E-state index is -3.39. The third kappa shape index (κ3) is 5.07. The van der Waals surface area contributed by atoms with Gasteiger partial charge in [0.15, 0.2) is 5.69 Å². The van der Waals surface area contributed by atoms with Crippen molar-refractivity contribution in [1.29, 1.82) is 0 Å². The van der Waals surface area contributed by atoms with Gasteiger partial charge >= 0.3 is 0 Å². The Kier molecular flexibility index (Phi) is 6.09. The lowest BCUT2D eigenvalue weighted by molar-refractivity contribution is 0.102. The number of rotatable bonds is 7. The van der Waals surface area contributed by atoms with Gasteiger partial charge in [0.25, 0.3) is 5.91 Å². The third-order valence-electron chi connectivity index (χ3n) is 4.46. The van der Waals surface area contributed by atoms with E-state index in [0.29, 0.717) is 23.5 Å². The highest BCUT2D eigenvalue weighted by atomic mass is 32.2. The predicted octanol–water partition coefficient (Wildman–Crippen LogP) is 2.28. The highest BCUT2D eigenvalue weighted by Gasteiger charge is 2.18. The Morgan fingerprint density at radius 2 is 1.76 bits per heavy atom. The summed E-state index contributed by atoms with van der Waals surface area (Å²) in [5.41, 5.74) is 3.02. The molecule has 9 heteroatoms. The van der Waals surface area contributed by atoms with E-state index in [2.05, 4.69) is 15.6 Å². The minimum Gasteiger partial charge on any atom is -0.321 e. The average Bonchev–Trinajstić information content (AvgIpc) is 3.03. The number of benzene rings is 2. The van der Waals surface area contributed by atoms with Crippen LogP contribution in [-0.4, -0.2) is 47.7 Å². The molecule has 0 saturated carbocycles. The maximum Gasteiger partial charge on any atom is 0.278 e. The fraction of sp³-hybridized carbons (Fsp3) is 0.250. The van der Waals surface area contributed by atoms with Crippen molar-refractivity contribution in [1.82, 2.24) is 19.3 Å². The molecule has 0 aliphatic heterocycles. The number of nitrogens with one attached hydrogen (secondary N) is 1. The maximum absolute atomic E-state index is 12.7. The Hall–Kier alpha value is -3.04. The Balaban J connectivity index is 1.73. The van der Waals surface area contributed by atoms with Gasteiger partial charge in [0, 0.05) is 19.8 Å². The third-order valence-corrected chi connectivity index (χ3v) is 6.27. The number of aromatic nitrogens is 3. The summed E-state index contributed by atoms with van der Waals surface area (Å²) in [6, 6.07) is 16.5. The highest BCUT2D eigenvalue weighted by Crippen LogP contribution is 2.16. The number of carbonyl (C=O) groups is 1. The minimum absolute atomic E-state index is 0.143. The molecule has 0 bridgehead atoms. The van der Waals surface area contributed by atoms with Gasteiger partial charge in [-0.15, -0.1) is 5.10 Å². The highest BCUT2D eigenvalue weighted by molar-refractivity contribution is 7.88. The lowest BCUT2D eigenvalue weighted by Crippen LogP contribution is -2.23. The van der Waals surface area contributed by atoms with E-state index in [0.717, 1.165) is 5.56 Å². The summed E-state index contributed by atoms with van der Waals surface area (Å²) in [6.07, 6.45) is 0. The monoisotopic (exact) mass is 413 g/mol. The number of hydrogen-bond donors (Lipinski definition) is 1. The van der Waals surface area contributed by atoms with Gasteiger partial charge in [-0.25, -0.2) is 17.4 Å². The van der Waals surface area contributed by atoms with E-state index in [1.807, 2.05) is 30.3 Å². The van der Waals surface area contributed by atoms with Crippen LogP contribution < -0.4 is 5.32 Å². The second-order valence-electron chi connectivity index (χ2n) is 6.86. The van der Waals surface area contributed by atoms with Crippen LogP contribution >= 0.6 is 0 Å². The second kappa shape index (κ2) is 8.54. The molecule has 0 fully saturated rings. The van der Waals surface area contributed by atoms with Gasteiger partial charge < -0.3 is 5.32 Å². The smallest absolute Gasteiger partial charge is 0.278 e. The largest absolute Gasteiger partial charge is 0.321 e. The molecule has 1 N–H and O–H groups in total. The topological polar surface area (TPSA) is 97.2 Å². The van der Waals surface area contributed by atoms with Gasteiger partial charge in [-0.2, -0.15) is 0 Å². The Morgan fingerprint density at radius 1 is 1.07 bits per heavy atom. The standard InChI is InChI=1S/C20H23N5O3S/c1-15-19(22-23-25(15)13-16-8-5-4-6-9-16)20(26)21-18-11-7-10-17(12-18)14-29(27,28)24(2)3/h4-12H,13-14H2,1-3H3,(H,21,26). The molecule has 1 heterocycles. The second-order valence-corrected chi connectivity index (χ2v) is 9.04. The molecule has 8 nitrogen and oxygen atoms in total. The van der Waals surface area contributed by atoms with Crippen molar-refractivity contribution in [2.24, 2.45) is 0 Å². The van der Waals surface area contributed by atoms with Crippen LogP contribution in [0.15, 0.2) is 54.6 Å². The van der Waals surface area contributed by atoms with Crippen molar-refractivity contribution < 1.29 is 13.2 Å². The molecule has 1 amide bonds. The van der Waals surface area contributed by atoms with Crippen LogP contribution in [0.5, 0.6) is 0 Å². The van der Waals surface area contributed by atoms with Gasteiger partial charge in [0.05, 0.1) is 18.0 Å². The van der Waals surface area contributed by atoms with Gasteiger partial charge in [-0.3, -0.25) is 4.79 Å². The van der Waals surface area contributed by atoms with Gasteiger partial charge in [-0.05, 0) is 30.2 Å². The molecule has 152 valence electrons. The molecule has 1 aromatic heterocycles. The summed E-state index contributed by atoms with van der Waals surface area (Å²) in [7, 11) is -0.410. The Bertz CT molecular complexity index is 1110. The summed E-state index contributed by atoms with van der Waals surface area (Å²) >= 11 is 0. The number of amides is 1. The van der Waals surface area contributed by atoms with Crippen LogP contribution in [0, 0.1) is 6.92 Å². The van der Waals surface area contributed by atoms with Crippen LogP contribution in [0.4, 0.5) is 5.69 Å². The van der Waals surface area contributed by atoms with Crippen LogP contribution in [-0.2, 0) is 22.3 Å².